The Balaban J connectivity index is 1.37. The first kappa shape index (κ1) is 25.7. The van der Waals surface area contributed by atoms with Gasteiger partial charge < -0.3 is 10.6 Å². The van der Waals surface area contributed by atoms with Crippen LogP contribution in [0.2, 0.25) is 0 Å². The van der Waals surface area contributed by atoms with Gasteiger partial charge in [-0.2, -0.15) is 5.43 Å². The Hall–Kier alpha value is -4.34. The lowest BCUT2D eigenvalue weighted by molar-refractivity contribution is -0.657. The Morgan fingerprint density at radius 2 is 1.32 bits per heavy atom. The molecular formula is C27H38N10+2. The van der Waals surface area contributed by atoms with Crippen molar-refractivity contribution in [3.8, 4) is 0 Å². The number of anilines is 4. The second kappa shape index (κ2) is 11.2. The van der Waals surface area contributed by atoms with Crippen LogP contribution in [0.4, 0.5) is 34.6 Å². The Kier molecular flexibility index (Phi) is 7.76. The summed E-state index contributed by atoms with van der Waals surface area (Å²) in [7, 11) is 7.93. The number of hydrogen-bond donors (Lipinski definition) is 4. The molecule has 194 valence electrons. The minimum absolute atomic E-state index is 0.0418. The van der Waals surface area contributed by atoms with Crippen molar-refractivity contribution in [3.63, 3.8) is 0 Å². The van der Waals surface area contributed by atoms with E-state index in [4.69, 9.17) is 0 Å². The molecule has 10 nitrogen and oxygen atoms in total. The molecular weight excluding hydrogens is 464 g/mol. The van der Waals surface area contributed by atoms with Gasteiger partial charge in [-0.25, -0.2) is 23.7 Å². The molecule has 4 aromatic rings. The number of para-hydroxylation sites is 3. The summed E-state index contributed by atoms with van der Waals surface area (Å²) >= 11 is 0. The highest BCUT2D eigenvalue weighted by atomic mass is 15.4. The van der Waals surface area contributed by atoms with Crippen LogP contribution in [-0.4, -0.2) is 22.2 Å². The van der Waals surface area contributed by atoms with Crippen molar-refractivity contribution in [2.24, 2.45) is 43.8 Å². The number of nitrogens with one attached hydrogen (secondary N) is 4. The first-order valence-electron chi connectivity index (χ1n) is 12.3. The van der Waals surface area contributed by atoms with Crippen molar-refractivity contribution in [3.05, 3.63) is 73.3 Å². The number of nitrogens with zero attached hydrogens (tertiary/aromatic N) is 6. The number of imidazole rings is 2. The van der Waals surface area contributed by atoms with Crippen molar-refractivity contribution in [2.45, 2.75) is 13.8 Å². The Morgan fingerprint density at radius 3 is 1.97 bits per heavy atom. The molecule has 0 atom stereocenters. The molecule has 4 rings (SSSR count). The summed E-state index contributed by atoms with van der Waals surface area (Å²) in [5.41, 5.74) is 10.4. The first-order chi connectivity index (χ1) is 17.7. The fourth-order valence-electron chi connectivity index (χ4n) is 3.90. The third kappa shape index (κ3) is 6.46. The second-order valence-electron chi connectivity index (χ2n) is 10.0. The maximum absolute atomic E-state index is 4.52. The quantitative estimate of drug-likeness (QED) is 0.139. The summed E-state index contributed by atoms with van der Waals surface area (Å²) in [5.74, 6) is 1.73. The highest BCUT2D eigenvalue weighted by Gasteiger charge is 2.20. The number of aromatic nitrogens is 4. The van der Waals surface area contributed by atoms with Crippen molar-refractivity contribution in [1.82, 2.24) is 9.13 Å². The predicted molar refractivity (Wildman–Crippen MR) is 148 cm³/mol. The van der Waals surface area contributed by atoms with E-state index in [2.05, 4.69) is 57.7 Å². The van der Waals surface area contributed by atoms with E-state index in [1.165, 1.54) is 0 Å². The van der Waals surface area contributed by atoms with Gasteiger partial charge in [-0.05, 0) is 29.7 Å². The number of hydrazine groups is 1. The highest BCUT2D eigenvalue weighted by molar-refractivity contribution is 5.69. The summed E-state index contributed by atoms with van der Waals surface area (Å²) in [4.78, 5) is 0. The lowest BCUT2D eigenvalue weighted by Gasteiger charge is -2.27. The molecule has 0 spiro atoms. The number of rotatable bonds is 11. The molecule has 0 amide bonds. The molecule has 0 unspecified atom stereocenters. The molecule has 37 heavy (non-hydrogen) atoms. The summed E-state index contributed by atoms with van der Waals surface area (Å²) in [6, 6.07) is 16.2. The van der Waals surface area contributed by atoms with Gasteiger partial charge in [0.15, 0.2) is 0 Å². The Labute approximate surface area is 218 Å². The molecule has 2 aromatic heterocycles. The molecule has 2 aromatic carbocycles. The normalized spacial score (nSPS) is 11.6. The highest BCUT2D eigenvalue weighted by Crippen LogP contribution is 2.28. The van der Waals surface area contributed by atoms with Crippen molar-refractivity contribution in [1.29, 1.82) is 0 Å². The molecule has 4 N–H and O–H groups in total. The summed E-state index contributed by atoms with van der Waals surface area (Å²) < 4.78 is 7.93. The topological polar surface area (TPSA) is 90.5 Å². The molecule has 0 radical (unpaired) electrons. The predicted octanol–water partition coefficient (Wildman–Crippen LogP) is 4.42. The van der Waals surface area contributed by atoms with E-state index >= 15 is 0 Å². The van der Waals surface area contributed by atoms with Gasteiger partial charge in [-0.15, -0.1) is 0 Å². The molecule has 0 aliphatic heterocycles. The zero-order chi connectivity index (χ0) is 26.4. The third-order valence-electron chi connectivity index (χ3n) is 6.23. The molecule has 0 fully saturated rings. The van der Waals surface area contributed by atoms with Gasteiger partial charge in [0.25, 0.3) is 0 Å². The van der Waals surface area contributed by atoms with E-state index in [1.54, 1.807) is 0 Å². The SMILES string of the molecule is Cn1cc[n+](C)c1N=Nc1ccccc1NCC(C)(C)CNc1ccccc1NNc1n(C)cc[n+]1C. The van der Waals surface area contributed by atoms with Gasteiger partial charge in [0.1, 0.15) is 5.69 Å². The fourth-order valence-corrected chi connectivity index (χ4v) is 3.90. The number of benzene rings is 2. The molecule has 0 saturated carbocycles. The fraction of sp³-hybridized carbons (Fsp3) is 0.333. The van der Waals surface area contributed by atoms with Crippen LogP contribution in [0.3, 0.4) is 0 Å². The van der Waals surface area contributed by atoms with Crippen LogP contribution in [0.15, 0.2) is 83.5 Å². The summed E-state index contributed by atoms with van der Waals surface area (Å²) in [6.45, 7) is 6.01. The molecule has 2 heterocycles. The van der Waals surface area contributed by atoms with E-state index in [1.807, 2.05) is 108 Å². The molecule has 0 aliphatic rings. The van der Waals surface area contributed by atoms with E-state index in [9.17, 15) is 0 Å². The average Bonchev–Trinajstić information content (AvgIpc) is 3.39. The third-order valence-corrected chi connectivity index (χ3v) is 6.23. The van der Waals surface area contributed by atoms with Crippen molar-refractivity contribution < 1.29 is 9.13 Å². The van der Waals surface area contributed by atoms with Crippen LogP contribution < -0.4 is 30.6 Å². The lowest BCUT2D eigenvalue weighted by Crippen LogP contribution is -2.33. The zero-order valence-electron chi connectivity index (χ0n) is 22.5. The minimum atomic E-state index is -0.0418. The van der Waals surface area contributed by atoms with Crippen molar-refractivity contribution >= 4 is 34.6 Å². The molecule has 0 aliphatic carbocycles. The Bertz CT molecular complexity index is 1330. The monoisotopic (exact) mass is 502 g/mol. The van der Waals surface area contributed by atoms with E-state index < -0.39 is 0 Å². The van der Waals surface area contributed by atoms with Gasteiger partial charge in [-0.1, -0.05) is 43.2 Å². The van der Waals surface area contributed by atoms with Crippen LogP contribution in [0.5, 0.6) is 0 Å². The molecule has 10 heteroatoms. The number of azo groups is 1. The summed E-state index contributed by atoms with van der Waals surface area (Å²) in [5, 5.41) is 16.2. The standard InChI is InChI=1S/C27H36N10/c1-27(2,19-28-21-11-7-9-13-23(21)30-32-25-34(3)15-16-35(25)4)20-29-22-12-8-10-14-24(22)31-33-26-36(5)17-18-37(26)6/h7-18H,19-20H2,1-6H3,(H2,28,29,30,31)/p+2. The number of aryl methyl sites for hydroxylation is 4. The van der Waals surface area contributed by atoms with Gasteiger partial charge >= 0.3 is 11.9 Å². The lowest BCUT2D eigenvalue weighted by atomic mass is 9.93. The van der Waals surface area contributed by atoms with Crippen LogP contribution in [0, 0.1) is 5.41 Å². The average molecular weight is 503 g/mol. The van der Waals surface area contributed by atoms with Crippen LogP contribution in [-0.2, 0) is 28.2 Å². The minimum Gasteiger partial charge on any atom is -0.383 e. The van der Waals surface area contributed by atoms with Crippen LogP contribution in [0.1, 0.15) is 13.8 Å². The number of hydrogen-bond acceptors (Lipinski definition) is 6. The van der Waals surface area contributed by atoms with Crippen LogP contribution in [0.25, 0.3) is 0 Å². The van der Waals surface area contributed by atoms with Gasteiger partial charge in [0.05, 0.1) is 70.0 Å². The maximum Gasteiger partial charge on any atom is 0.421 e. The second-order valence-corrected chi connectivity index (χ2v) is 10.0. The maximum atomic E-state index is 4.52. The smallest absolute Gasteiger partial charge is 0.383 e. The van der Waals surface area contributed by atoms with E-state index in [0.717, 1.165) is 47.7 Å². The van der Waals surface area contributed by atoms with E-state index in [-0.39, 0.29) is 5.41 Å². The van der Waals surface area contributed by atoms with Crippen LogP contribution >= 0.6 is 0 Å². The first-order valence-corrected chi connectivity index (χ1v) is 12.3. The van der Waals surface area contributed by atoms with Crippen molar-refractivity contribution in [2.75, 3.05) is 34.6 Å². The van der Waals surface area contributed by atoms with E-state index in [0.29, 0.717) is 0 Å². The Morgan fingerprint density at radius 1 is 0.730 bits per heavy atom. The zero-order valence-corrected chi connectivity index (χ0v) is 22.5. The van der Waals surface area contributed by atoms with Gasteiger partial charge in [0, 0.05) is 18.2 Å². The van der Waals surface area contributed by atoms with Gasteiger partial charge in [-0.3, -0.25) is 0 Å². The largest absolute Gasteiger partial charge is 0.421 e. The molecule has 0 bridgehead atoms. The summed E-state index contributed by atoms with van der Waals surface area (Å²) in [6.07, 6.45) is 7.93. The van der Waals surface area contributed by atoms with Gasteiger partial charge in [0.2, 0.25) is 0 Å². The molecule has 0 saturated heterocycles.